The molecule has 8 nitrogen and oxygen atoms in total. The summed E-state index contributed by atoms with van der Waals surface area (Å²) in [6.07, 6.45) is 1.63. The minimum absolute atomic E-state index is 0.0913. The summed E-state index contributed by atoms with van der Waals surface area (Å²) in [6, 6.07) is 1.77. The number of nitrogens with zero attached hydrogens (tertiary/aromatic N) is 3. The van der Waals surface area contributed by atoms with Gasteiger partial charge in [0.2, 0.25) is 0 Å². The predicted molar refractivity (Wildman–Crippen MR) is 96.7 cm³/mol. The van der Waals surface area contributed by atoms with Crippen molar-refractivity contribution >= 4 is 28.5 Å². The highest BCUT2D eigenvalue weighted by atomic mass is 16.5. The number of pyridine rings is 1. The van der Waals surface area contributed by atoms with E-state index in [9.17, 15) is 14.7 Å². The van der Waals surface area contributed by atoms with Crippen molar-refractivity contribution in [1.82, 2.24) is 14.8 Å². The van der Waals surface area contributed by atoms with Gasteiger partial charge in [-0.15, -0.1) is 0 Å². The number of ketones is 1. The Labute approximate surface area is 151 Å². The summed E-state index contributed by atoms with van der Waals surface area (Å²) >= 11 is 0. The third-order valence-electron chi connectivity index (χ3n) is 3.82. The van der Waals surface area contributed by atoms with Gasteiger partial charge in [0, 0.05) is 17.1 Å². The third kappa shape index (κ3) is 3.79. The molecule has 0 bridgehead atoms. The van der Waals surface area contributed by atoms with Crippen LogP contribution in [-0.2, 0) is 9.53 Å². The van der Waals surface area contributed by atoms with Crippen LogP contribution >= 0.6 is 0 Å². The first-order valence-corrected chi connectivity index (χ1v) is 8.14. The van der Waals surface area contributed by atoms with Gasteiger partial charge in [-0.1, -0.05) is 0 Å². The van der Waals surface area contributed by atoms with Gasteiger partial charge in [0.25, 0.3) is 0 Å². The number of hydrogen-bond acceptors (Lipinski definition) is 7. The van der Waals surface area contributed by atoms with Crippen LogP contribution < -0.4 is 0 Å². The zero-order chi connectivity index (χ0) is 19.6. The van der Waals surface area contributed by atoms with Crippen molar-refractivity contribution in [2.24, 2.45) is 0 Å². The number of hydrogen-bond donors (Lipinski definition) is 2. The van der Waals surface area contributed by atoms with Crippen LogP contribution in [0.5, 0.6) is 0 Å². The molecule has 0 saturated heterocycles. The molecule has 2 N–H and O–H groups in total. The first-order valence-electron chi connectivity index (χ1n) is 8.14. The Morgan fingerprint density at radius 1 is 1.35 bits per heavy atom. The second kappa shape index (κ2) is 7.47. The summed E-state index contributed by atoms with van der Waals surface area (Å²) < 4.78 is 6.85. The fraction of sp³-hybridized carbons (Fsp3) is 0.389. The molecule has 2 heterocycles. The normalized spacial score (nSPS) is 12.2. The maximum absolute atomic E-state index is 12.4. The van der Waals surface area contributed by atoms with Crippen molar-refractivity contribution < 1.29 is 19.4 Å². The molecule has 0 atom stereocenters. The molecule has 0 aliphatic carbocycles. The Morgan fingerprint density at radius 2 is 2.00 bits per heavy atom. The molecule has 0 unspecified atom stereocenters. The number of carbonyl (C=O) groups is 2. The molecule has 8 heteroatoms. The quantitative estimate of drug-likeness (QED) is 0.355. The van der Waals surface area contributed by atoms with Crippen molar-refractivity contribution in [3.8, 4) is 0 Å². The van der Waals surface area contributed by atoms with E-state index in [-0.39, 0.29) is 22.9 Å². The maximum atomic E-state index is 12.4. The molecule has 0 spiro atoms. The van der Waals surface area contributed by atoms with Gasteiger partial charge >= 0.3 is 5.97 Å². The summed E-state index contributed by atoms with van der Waals surface area (Å²) in [5.74, 6) is -1.59. The van der Waals surface area contributed by atoms with Crippen LogP contribution in [0.3, 0.4) is 0 Å². The van der Waals surface area contributed by atoms with Crippen molar-refractivity contribution in [3.05, 3.63) is 34.9 Å². The van der Waals surface area contributed by atoms with Gasteiger partial charge in [-0.25, -0.2) is 14.5 Å². The fourth-order valence-electron chi connectivity index (χ4n) is 2.62. The second-order valence-corrected chi connectivity index (χ2v) is 6.30. The van der Waals surface area contributed by atoms with Crippen LogP contribution in [-0.4, -0.2) is 43.9 Å². The third-order valence-corrected chi connectivity index (χ3v) is 3.82. The predicted octanol–water partition coefficient (Wildman–Crippen LogP) is 2.92. The van der Waals surface area contributed by atoms with Crippen molar-refractivity contribution in [3.63, 3.8) is 0 Å². The summed E-state index contributed by atoms with van der Waals surface area (Å²) in [5.41, 5.74) is 1.16. The van der Waals surface area contributed by atoms with E-state index in [1.54, 1.807) is 23.9 Å². The summed E-state index contributed by atoms with van der Waals surface area (Å²) in [4.78, 5) is 28.3. The monoisotopic (exact) mass is 358 g/mol. The summed E-state index contributed by atoms with van der Waals surface area (Å²) in [7, 11) is 0. The molecule has 2 aromatic heterocycles. The molecule has 138 valence electrons. The van der Waals surface area contributed by atoms with E-state index in [0.29, 0.717) is 16.7 Å². The molecule has 0 fully saturated rings. The lowest BCUT2D eigenvalue weighted by atomic mass is 10.1. The lowest BCUT2D eigenvalue weighted by Gasteiger charge is -2.10. The SMILES string of the molecule is CC(=N)/C(C(C)=O)=C(/O)COC(=O)c1cc2cnn(C(C)C)c2nc1C. The van der Waals surface area contributed by atoms with Gasteiger partial charge < -0.3 is 15.3 Å². The Morgan fingerprint density at radius 3 is 2.54 bits per heavy atom. The minimum atomic E-state index is -0.675. The van der Waals surface area contributed by atoms with E-state index >= 15 is 0 Å². The molecule has 0 aromatic carbocycles. The largest absolute Gasteiger partial charge is 0.508 e. The molecule has 0 saturated carbocycles. The number of carbonyl (C=O) groups excluding carboxylic acids is 2. The molecule has 0 aliphatic rings. The number of aliphatic hydroxyl groups excluding tert-OH is 1. The standard InChI is InChI=1S/C18H22N4O4/c1-9(2)22-17-13(7-20-22)6-14(11(4)21-17)18(25)26-8-15(24)16(10(3)19)12(5)23/h6-7,9,19,24H,8H2,1-5H3/b16-15-,19-10?. The van der Waals surface area contributed by atoms with Crippen molar-refractivity contribution in [2.75, 3.05) is 6.61 Å². The van der Waals surface area contributed by atoms with Gasteiger partial charge in [0.15, 0.2) is 11.4 Å². The number of fused-ring (bicyclic) bond motifs is 1. The highest BCUT2D eigenvalue weighted by Gasteiger charge is 2.19. The zero-order valence-corrected chi connectivity index (χ0v) is 15.5. The number of Topliss-reactive ketones (excluding diaryl/α,β-unsaturated/α-hetero) is 1. The van der Waals surface area contributed by atoms with E-state index in [0.717, 1.165) is 0 Å². The molecular formula is C18H22N4O4. The average Bonchev–Trinajstić information content (AvgIpc) is 2.93. The van der Waals surface area contributed by atoms with E-state index in [1.807, 2.05) is 13.8 Å². The Bertz CT molecular complexity index is 909. The first kappa shape index (κ1) is 19.3. The smallest absolute Gasteiger partial charge is 0.340 e. The van der Waals surface area contributed by atoms with Crippen molar-refractivity contribution in [1.29, 1.82) is 5.41 Å². The van der Waals surface area contributed by atoms with E-state index in [4.69, 9.17) is 10.1 Å². The van der Waals surface area contributed by atoms with Gasteiger partial charge in [0.1, 0.15) is 12.4 Å². The Hall–Kier alpha value is -3.03. The second-order valence-electron chi connectivity index (χ2n) is 6.30. The summed E-state index contributed by atoms with van der Waals surface area (Å²) in [5, 5.41) is 22.5. The number of aromatic nitrogens is 3. The maximum Gasteiger partial charge on any atom is 0.340 e. The number of aliphatic hydroxyl groups is 1. The molecule has 2 rings (SSSR count). The number of esters is 1. The molecule has 26 heavy (non-hydrogen) atoms. The summed E-state index contributed by atoms with van der Waals surface area (Å²) in [6.45, 7) is 7.78. The van der Waals surface area contributed by atoms with Crippen LogP contribution in [0.1, 0.15) is 49.8 Å². The highest BCUT2D eigenvalue weighted by molar-refractivity contribution is 6.20. The average molecular weight is 358 g/mol. The van der Waals surface area contributed by atoms with Crippen LogP contribution in [0, 0.1) is 12.3 Å². The molecule has 0 radical (unpaired) electrons. The zero-order valence-electron chi connectivity index (χ0n) is 15.5. The van der Waals surface area contributed by atoms with Gasteiger partial charge in [0.05, 0.1) is 23.0 Å². The first-order chi connectivity index (χ1) is 12.1. The molecule has 2 aromatic rings. The Balaban J connectivity index is 2.28. The van der Waals surface area contributed by atoms with Gasteiger partial charge in [-0.3, -0.25) is 4.79 Å². The molecule has 0 aliphatic heterocycles. The number of nitrogens with one attached hydrogen (secondary N) is 1. The lowest BCUT2D eigenvalue weighted by Crippen LogP contribution is -2.16. The fourth-order valence-corrected chi connectivity index (χ4v) is 2.62. The van der Waals surface area contributed by atoms with Crippen LogP contribution in [0.4, 0.5) is 0 Å². The highest BCUT2D eigenvalue weighted by Crippen LogP contribution is 2.20. The van der Waals surface area contributed by atoms with Crippen LogP contribution in [0.25, 0.3) is 11.0 Å². The molecule has 0 amide bonds. The molecular weight excluding hydrogens is 336 g/mol. The topological polar surface area (TPSA) is 118 Å². The number of aryl methyl sites for hydroxylation is 1. The van der Waals surface area contributed by atoms with Crippen LogP contribution in [0.2, 0.25) is 0 Å². The van der Waals surface area contributed by atoms with E-state index in [1.165, 1.54) is 13.8 Å². The number of ether oxygens (including phenoxy) is 1. The van der Waals surface area contributed by atoms with E-state index < -0.39 is 24.1 Å². The van der Waals surface area contributed by atoms with E-state index in [2.05, 4.69) is 10.1 Å². The number of rotatable bonds is 6. The number of allylic oxidation sites excluding steroid dienone is 1. The van der Waals surface area contributed by atoms with Crippen molar-refractivity contribution in [2.45, 2.75) is 40.7 Å². The minimum Gasteiger partial charge on any atom is -0.508 e. The Kier molecular flexibility index (Phi) is 5.54. The van der Waals surface area contributed by atoms with Gasteiger partial charge in [-0.05, 0) is 40.7 Å². The van der Waals surface area contributed by atoms with Gasteiger partial charge in [-0.2, -0.15) is 5.10 Å². The lowest BCUT2D eigenvalue weighted by molar-refractivity contribution is -0.113. The van der Waals surface area contributed by atoms with Crippen LogP contribution in [0.15, 0.2) is 23.6 Å².